The molecule has 0 spiro atoms. The lowest BCUT2D eigenvalue weighted by atomic mass is 10.3. The predicted octanol–water partition coefficient (Wildman–Crippen LogP) is 1.81. The molecule has 0 bridgehead atoms. The van der Waals surface area contributed by atoms with Gasteiger partial charge in [0, 0.05) is 6.42 Å². The van der Waals surface area contributed by atoms with Crippen LogP contribution in [0.1, 0.15) is 23.2 Å². The quantitative estimate of drug-likeness (QED) is 0.693. The highest BCUT2D eigenvalue weighted by Crippen LogP contribution is 2.21. The molecule has 5 nitrogen and oxygen atoms in total. The number of pyridine rings is 1. The number of methoxy groups -OCH3 is 1. The van der Waals surface area contributed by atoms with E-state index in [4.69, 9.17) is 4.74 Å². The molecule has 1 N–H and O–H groups in total. The molecule has 2 aromatic heterocycles. The molecule has 2 rings (SSSR count). The lowest BCUT2D eigenvalue weighted by Crippen LogP contribution is -2.08. The normalized spacial score (nSPS) is 12.7. The number of fused-ring (bicyclic) bond motifs is 1. The van der Waals surface area contributed by atoms with Gasteiger partial charge in [-0.25, -0.2) is 9.78 Å². The van der Waals surface area contributed by atoms with E-state index in [9.17, 15) is 9.90 Å². The summed E-state index contributed by atoms with van der Waals surface area (Å²) in [5, 5.41) is 9.48. The van der Waals surface area contributed by atoms with Gasteiger partial charge in [0.25, 0.3) is 0 Å². The SMILES string of the molecule is COC(=O)c1nc(CC(C)O)n2c(Br)cccc12. The van der Waals surface area contributed by atoms with Crippen LogP contribution in [-0.4, -0.2) is 33.7 Å². The fraction of sp³-hybridized carbons (Fsp3) is 0.333. The van der Waals surface area contributed by atoms with E-state index < -0.39 is 12.1 Å². The summed E-state index contributed by atoms with van der Waals surface area (Å²) in [6.45, 7) is 1.68. The maximum absolute atomic E-state index is 11.7. The molecule has 18 heavy (non-hydrogen) atoms. The van der Waals surface area contributed by atoms with E-state index in [1.165, 1.54) is 7.11 Å². The maximum atomic E-state index is 11.7. The second-order valence-electron chi connectivity index (χ2n) is 3.99. The number of imidazole rings is 1. The van der Waals surface area contributed by atoms with Crippen LogP contribution in [0.4, 0.5) is 0 Å². The van der Waals surface area contributed by atoms with E-state index in [0.29, 0.717) is 17.8 Å². The van der Waals surface area contributed by atoms with Crippen LogP contribution in [-0.2, 0) is 11.2 Å². The van der Waals surface area contributed by atoms with Crippen LogP contribution in [0.5, 0.6) is 0 Å². The molecule has 0 aliphatic heterocycles. The molecule has 0 radical (unpaired) electrons. The Balaban J connectivity index is 2.67. The molecule has 2 heterocycles. The lowest BCUT2D eigenvalue weighted by molar-refractivity contribution is 0.0596. The molecule has 0 aliphatic rings. The van der Waals surface area contributed by atoms with Gasteiger partial charge in [-0.2, -0.15) is 0 Å². The van der Waals surface area contributed by atoms with Crippen molar-refractivity contribution in [3.8, 4) is 0 Å². The average molecular weight is 313 g/mol. The Labute approximate surface area is 113 Å². The number of carbonyl (C=O) groups excluding carboxylic acids is 1. The van der Waals surface area contributed by atoms with Crippen LogP contribution in [0.15, 0.2) is 22.8 Å². The highest BCUT2D eigenvalue weighted by molar-refractivity contribution is 9.10. The van der Waals surface area contributed by atoms with Crippen LogP contribution >= 0.6 is 15.9 Å². The first-order chi connectivity index (χ1) is 8.54. The van der Waals surface area contributed by atoms with Gasteiger partial charge in [-0.05, 0) is 35.0 Å². The fourth-order valence-corrected chi connectivity index (χ4v) is 2.36. The van der Waals surface area contributed by atoms with Gasteiger partial charge in [0.05, 0.1) is 23.3 Å². The van der Waals surface area contributed by atoms with Crippen LogP contribution in [0.25, 0.3) is 5.52 Å². The molecule has 0 aliphatic carbocycles. The Kier molecular flexibility index (Phi) is 3.68. The summed E-state index contributed by atoms with van der Waals surface area (Å²) in [6.07, 6.45) is -0.172. The van der Waals surface area contributed by atoms with Gasteiger partial charge in [-0.15, -0.1) is 0 Å². The number of aliphatic hydroxyl groups is 1. The fourth-order valence-electron chi connectivity index (χ4n) is 1.81. The van der Waals surface area contributed by atoms with Gasteiger partial charge in [0.1, 0.15) is 5.82 Å². The van der Waals surface area contributed by atoms with E-state index >= 15 is 0 Å². The number of rotatable bonds is 3. The van der Waals surface area contributed by atoms with Crippen molar-refractivity contribution >= 4 is 27.4 Å². The Bertz CT molecular complexity index is 592. The molecule has 0 saturated carbocycles. The van der Waals surface area contributed by atoms with E-state index in [1.54, 1.807) is 17.4 Å². The summed E-state index contributed by atoms with van der Waals surface area (Å²) >= 11 is 3.41. The van der Waals surface area contributed by atoms with Crippen LogP contribution in [0, 0.1) is 0 Å². The van der Waals surface area contributed by atoms with Crippen molar-refractivity contribution in [2.24, 2.45) is 0 Å². The minimum absolute atomic E-state index is 0.259. The van der Waals surface area contributed by atoms with Gasteiger partial charge in [0.2, 0.25) is 0 Å². The highest BCUT2D eigenvalue weighted by atomic mass is 79.9. The lowest BCUT2D eigenvalue weighted by Gasteiger charge is -2.05. The third kappa shape index (κ3) is 2.26. The molecular formula is C12H13BrN2O3. The van der Waals surface area contributed by atoms with Gasteiger partial charge >= 0.3 is 5.97 Å². The summed E-state index contributed by atoms with van der Waals surface area (Å²) in [5.41, 5.74) is 0.918. The van der Waals surface area contributed by atoms with E-state index in [2.05, 4.69) is 20.9 Å². The van der Waals surface area contributed by atoms with E-state index in [0.717, 1.165) is 4.60 Å². The maximum Gasteiger partial charge on any atom is 0.358 e. The zero-order valence-electron chi connectivity index (χ0n) is 10.1. The molecular weight excluding hydrogens is 300 g/mol. The molecule has 0 saturated heterocycles. The average Bonchev–Trinajstić information content (AvgIpc) is 2.68. The predicted molar refractivity (Wildman–Crippen MR) is 69.6 cm³/mol. The number of nitrogens with zero attached hydrogens (tertiary/aromatic N) is 2. The summed E-state index contributed by atoms with van der Waals surface area (Å²) in [7, 11) is 1.32. The first-order valence-electron chi connectivity index (χ1n) is 5.46. The molecule has 0 aromatic carbocycles. The largest absolute Gasteiger partial charge is 0.464 e. The van der Waals surface area contributed by atoms with Crippen molar-refractivity contribution in [1.82, 2.24) is 9.38 Å². The number of halogens is 1. The summed E-state index contributed by atoms with van der Waals surface area (Å²) in [4.78, 5) is 15.9. The van der Waals surface area contributed by atoms with Crippen LogP contribution < -0.4 is 0 Å². The summed E-state index contributed by atoms with van der Waals surface area (Å²) in [5.74, 6) is 0.135. The minimum Gasteiger partial charge on any atom is -0.464 e. The number of aromatic nitrogens is 2. The van der Waals surface area contributed by atoms with E-state index in [1.807, 2.05) is 12.1 Å². The number of ether oxygens (including phenoxy) is 1. The van der Waals surface area contributed by atoms with Gasteiger partial charge in [-0.3, -0.25) is 4.40 Å². The van der Waals surface area contributed by atoms with Crippen molar-refractivity contribution in [3.05, 3.63) is 34.3 Å². The first-order valence-corrected chi connectivity index (χ1v) is 6.26. The molecule has 1 unspecified atom stereocenters. The minimum atomic E-state index is -0.534. The number of hydrogen-bond donors (Lipinski definition) is 1. The topological polar surface area (TPSA) is 63.8 Å². The molecule has 96 valence electrons. The second kappa shape index (κ2) is 5.07. The highest BCUT2D eigenvalue weighted by Gasteiger charge is 2.19. The standard InChI is InChI=1S/C12H13BrN2O3/c1-7(16)6-10-14-11(12(17)18-2)8-4-3-5-9(13)15(8)10/h3-5,7,16H,6H2,1-2H3. The molecule has 0 fully saturated rings. The summed E-state index contributed by atoms with van der Waals surface area (Å²) in [6, 6.07) is 5.45. The second-order valence-corrected chi connectivity index (χ2v) is 4.80. The molecule has 6 heteroatoms. The third-order valence-electron chi connectivity index (χ3n) is 2.54. The number of esters is 1. The monoisotopic (exact) mass is 312 g/mol. The van der Waals surface area contributed by atoms with Crippen LogP contribution in [0.3, 0.4) is 0 Å². The van der Waals surface area contributed by atoms with Crippen molar-refractivity contribution in [2.45, 2.75) is 19.4 Å². The first kappa shape index (κ1) is 13.0. The zero-order valence-corrected chi connectivity index (χ0v) is 11.6. The van der Waals surface area contributed by atoms with Crippen molar-refractivity contribution in [1.29, 1.82) is 0 Å². The van der Waals surface area contributed by atoms with Crippen molar-refractivity contribution < 1.29 is 14.6 Å². The Hall–Kier alpha value is -1.40. The molecule has 0 amide bonds. The van der Waals surface area contributed by atoms with Crippen molar-refractivity contribution in [2.75, 3.05) is 7.11 Å². The van der Waals surface area contributed by atoms with Crippen LogP contribution in [0.2, 0.25) is 0 Å². The van der Waals surface area contributed by atoms with Crippen molar-refractivity contribution in [3.63, 3.8) is 0 Å². The Morgan fingerprint density at radius 2 is 2.33 bits per heavy atom. The Morgan fingerprint density at radius 1 is 1.61 bits per heavy atom. The van der Waals surface area contributed by atoms with Gasteiger partial charge < -0.3 is 9.84 Å². The smallest absolute Gasteiger partial charge is 0.358 e. The van der Waals surface area contributed by atoms with Gasteiger partial charge in [0.15, 0.2) is 5.69 Å². The Morgan fingerprint density at radius 3 is 2.94 bits per heavy atom. The number of hydrogen-bond acceptors (Lipinski definition) is 4. The summed E-state index contributed by atoms with van der Waals surface area (Å²) < 4.78 is 7.28. The third-order valence-corrected chi connectivity index (χ3v) is 3.16. The zero-order chi connectivity index (χ0) is 13.3. The van der Waals surface area contributed by atoms with Gasteiger partial charge in [-0.1, -0.05) is 6.07 Å². The molecule has 1 atom stereocenters. The number of carbonyl (C=O) groups is 1. The molecule has 2 aromatic rings. The van der Waals surface area contributed by atoms with E-state index in [-0.39, 0.29) is 5.69 Å². The number of aliphatic hydroxyl groups excluding tert-OH is 1.